The standard InChI is InChI=1S/C13H16N2O4S3/c1-10-8-9-13(20-10)22(18,19)14-11-6-4-5-7-12(11)15(2)21(3,16)17/h4-9,14H,1-3H3. The molecule has 0 aliphatic carbocycles. The fourth-order valence-corrected chi connectivity index (χ4v) is 4.64. The Morgan fingerprint density at radius 2 is 1.68 bits per heavy atom. The maximum Gasteiger partial charge on any atom is 0.271 e. The van der Waals surface area contributed by atoms with Gasteiger partial charge in [0, 0.05) is 11.9 Å². The number of sulfonamides is 2. The van der Waals surface area contributed by atoms with Gasteiger partial charge in [-0.3, -0.25) is 9.03 Å². The molecule has 2 rings (SSSR count). The van der Waals surface area contributed by atoms with E-state index in [-0.39, 0.29) is 15.6 Å². The first-order valence-electron chi connectivity index (χ1n) is 6.23. The Bertz CT molecular complexity index is 886. The van der Waals surface area contributed by atoms with Crippen molar-refractivity contribution in [3.05, 3.63) is 41.3 Å². The van der Waals surface area contributed by atoms with Gasteiger partial charge < -0.3 is 0 Å². The van der Waals surface area contributed by atoms with Crippen LogP contribution in [0.3, 0.4) is 0 Å². The van der Waals surface area contributed by atoms with Crippen LogP contribution in [0.4, 0.5) is 11.4 Å². The van der Waals surface area contributed by atoms with Crippen LogP contribution in [0.15, 0.2) is 40.6 Å². The van der Waals surface area contributed by atoms with E-state index in [4.69, 9.17) is 0 Å². The molecule has 0 saturated carbocycles. The quantitative estimate of drug-likeness (QED) is 0.886. The van der Waals surface area contributed by atoms with Gasteiger partial charge >= 0.3 is 0 Å². The Balaban J connectivity index is 2.43. The third-order valence-electron chi connectivity index (χ3n) is 2.97. The molecule has 0 amide bonds. The molecule has 0 aliphatic rings. The molecule has 0 unspecified atom stereocenters. The highest BCUT2D eigenvalue weighted by molar-refractivity contribution is 7.94. The highest BCUT2D eigenvalue weighted by Crippen LogP contribution is 2.30. The summed E-state index contributed by atoms with van der Waals surface area (Å²) < 4.78 is 51.7. The molecule has 22 heavy (non-hydrogen) atoms. The lowest BCUT2D eigenvalue weighted by Crippen LogP contribution is -2.26. The van der Waals surface area contributed by atoms with Gasteiger partial charge in [-0.05, 0) is 31.2 Å². The monoisotopic (exact) mass is 360 g/mol. The number of aryl methyl sites for hydroxylation is 1. The zero-order chi connectivity index (χ0) is 16.5. The van der Waals surface area contributed by atoms with Crippen molar-refractivity contribution in [1.82, 2.24) is 0 Å². The Labute approximate surface area is 134 Å². The minimum atomic E-state index is -3.75. The number of nitrogens with one attached hydrogen (secondary N) is 1. The smallest absolute Gasteiger partial charge is 0.271 e. The van der Waals surface area contributed by atoms with Gasteiger partial charge in [-0.2, -0.15) is 0 Å². The van der Waals surface area contributed by atoms with Gasteiger partial charge in [0.2, 0.25) is 10.0 Å². The minimum Gasteiger partial charge on any atom is -0.277 e. The maximum absolute atomic E-state index is 12.4. The summed E-state index contributed by atoms with van der Waals surface area (Å²) in [5, 5.41) is 0. The van der Waals surface area contributed by atoms with Crippen LogP contribution in [-0.4, -0.2) is 30.1 Å². The van der Waals surface area contributed by atoms with Crippen LogP contribution in [0.5, 0.6) is 0 Å². The molecule has 0 radical (unpaired) electrons. The minimum absolute atomic E-state index is 0.182. The molecule has 0 spiro atoms. The van der Waals surface area contributed by atoms with E-state index in [0.717, 1.165) is 26.8 Å². The van der Waals surface area contributed by atoms with Gasteiger partial charge in [0.05, 0.1) is 17.6 Å². The average Bonchev–Trinajstić information content (AvgIpc) is 2.85. The largest absolute Gasteiger partial charge is 0.277 e. The zero-order valence-electron chi connectivity index (χ0n) is 12.3. The highest BCUT2D eigenvalue weighted by atomic mass is 32.2. The molecular formula is C13H16N2O4S3. The van der Waals surface area contributed by atoms with E-state index < -0.39 is 20.0 Å². The van der Waals surface area contributed by atoms with Crippen molar-refractivity contribution in [2.45, 2.75) is 11.1 Å². The molecule has 0 atom stereocenters. The molecule has 120 valence electrons. The lowest BCUT2D eigenvalue weighted by molar-refractivity contribution is 0.598. The number of rotatable bonds is 5. The summed E-state index contributed by atoms with van der Waals surface area (Å²) in [7, 11) is -5.87. The van der Waals surface area contributed by atoms with Crippen molar-refractivity contribution in [3.8, 4) is 0 Å². The SMILES string of the molecule is Cc1ccc(S(=O)(=O)Nc2ccccc2N(C)S(C)(=O)=O)s1. The van der Waals surface area contributed by atoms with Crippen LogP contribution in [-0.2, 0) is 20.0 Å². The molecule has 6 nitrogen and oxygen atoms in total. The van der Waals surface area contributed by atoms with Crippen molar-refractivity contribution in [3.63, 3.8) is 0 Å². The number of thiophene rings is 1. The molecule has 0 fully saturated rings. The summed E-state index contributed by atoms with van der Waals surface area (Å²) in [5.41, 5.74) is 0.475. The second-order valence-electron chi connectivity index (χ2n) is 4.72. The second-order valence-corrected chi connectivity index (χ2v) is 9.93. The number of benzene rings is 1. The molecule has 1 heterocycles. The molecule has 2 aromatic rings. The van der Waals surface area contributed by atoms with Crippen LogP contribution in [0.2, 0.25) is 0 Å². The number of hydrogen-bond donors (Lipinski definition) is 1. The average molecular weight is 360 g/mol. The third-order valence-corrected chi connectivity index (χ3v) is 7.02. The number of para-hydroxylation sites is 2. The predicted octanol–water partition coefficient (Wildman–Crippen LogP) is 2.25. The third kappa shape index (κ3) is 3.60. The molecule has 0 saturated heterocycles. The van der Waals surface area contributed by atoms with Crippen LogP contribution >= 0.6 is 11.3 Å². The number of hydrogen-bond acceptors (Lipinski definition) is 5. The van der Waals surface area contributed by atoms with E-state index in [1.165, 1.54) is 19.2 Å². The highest BCUT2D eigenvalue weighted by Gasteiger charge is 2.21. The predicted molar refractivity (Wildman–Crippen MR) is 89.6 cm³/mol. The Hall–Kier alpha value is -1.58. The van der Waals surface area contributed by atoms with Crippen molar-refractivity contribution >= 4 is 42.8 Å². The first-order chi connectivity index (χ1) is 10.1. The van der Waals surface area contributed by atoms with Crippen LogP contribution < -0.4 is 9.03 Å². The summed E-state index contributed by atoms with van der Waals surface area (Å²) in [5.74, 6) is 0. The molecule has 1 aromatic heterocycles. The van der Waals surface area contributed by atoms with Crippen molar-refractivity contribution in [1.29, 1.82) is 0 Å². The Kier molecular flexibility index (Phi) is 4.50. The van der Waals surface area contributed by atoms with Gasteiger partial charge in [-0.15, -0.1) is 11.3 Å². The summed E-state index contributed by atoms with van der Waals surface area (Å²) in [6, 6.07) is 9.58. The Morgan fingerprint density at radius 1 is 1.05 bits per heavy atom. The first-order valence-corrected chi connectivity index (χ1v) is 10.4. The first kappa shape index (κ1) is 16.8. The summed E-state index contributed by atoms with van der Waals surface area (Å²) in [4.78, 5) is 0.877. The van der Waals surface area contributed by atoms with E-state index in [0.29, 0.717) is 0 Å². The van der Waals surface area contributed by atoms with E-state index in [1.54, 1.807) is 24.3 Å². The van der Waals surface area contributed by atoms with Gasteiger partial charge in [-0.1, -0.05) is 12.1 Å². The van der Waals surface area contributed by atoms with E-state index in [1.807, 2.05) is 6.92 Å². The fraction of sp³-hybridized carbons (Fsp3) is 0.231. The molecule has 0 aliphatic heterocycles. The lowest BCUT2D eigenvalue weighted by Gasteiger charge is -2.20. The van der Waals surface area contributed by atoms with Crippen molar-refractivity contribution in [2.24, 2.45) is 0 Å². The summed E-state index contributed by atoms with van der Waals surface area (Å²) in [6.45, 7) is 1.81. The van der Waals surface area contributed by atoms with Crippen LogP contribution in [0, 0.1) is 6.92 Å². The molecule has 0 bridgehead atoms. The summed E-state index contributed by atoms with van der Waals surface area (Å²) in [6.07, 6.45) is 1.06. The maximum atomic E-state index is 12.4. The van der Waals surface area contributed by atoms with Crippen LogP contribution in [0.25, 0.3) is 0 Å². The van der Waals surface area contributed by atoms with E-state index >= 15 is 0 Å². The van der Waals surface area contributed by atoms with E-state index in [2.05, 4.69) is 4.72 Å². The van der Waals surface area contributed by atoms with Crippen molar-refractivity contribution in [2.75, 3.05) is 22.3 Å². The Morgan fingerprint density at radius 3 is 2.23 bits per heavy atom. The second kappa shape index (κ2) is 5.90. The molecule has 1 N–H and O–H groups in total. The topological polar surface area (TPSA) is 83.6 Å². The number of nitrogens with zero attached hydrogens (tertiary/aromatic N) is 1. The normalized spacial score (nSPS) is 12.1. The zero-order valence-corrected chi connectivity index (χ0v) is 14.7. The van der Waals surface area contributed by atoms with Crippen LogP contribution in [0.1, 0.15) is 4.88 Å². The van der Waals surface area contributed by atoms with Gasteiger partial charge in [0.15, 0.2) is 0 Å². The van der Waals surface area contributed by atoms with Gasteiger partial charge in [-0.25, -0.2) is 16.8 Å². The van der Waals surface area contributed by atoms with Gasteiger partial charge in [0.25, 0.3) is 10.0 Å². The lowest BCUT2D eigenvalue weighted by atomic mass is 10.3. The van der Waals surface area contributed by atoms with Gasteiger partial charge in [0.1, 0.15) is 4.21 Å². The van der Waals surface area contributed by atoms with E-state index in [9.17, 15) is 16.8 Å². The molecule has 1 aromatic carbocycles. The molecular weight excluding hydrogens is 344 g/mol. The molecule has 9 heteroatoms. The number of anilines is 2. The van der Waals surface area contributed by atoms with Crippen molar-refractivity contribution < 1.29 is 16.8 Å². The fourth-order valence-electron chi connectivity index (χ4n) is 1.76. The summed E-state index contributed by atoms with van der Waals surface area (Å²) >= 11 is 1.15.